The second kappa shape index (κ2) is 12.1. The maximum absolute atomic E-state index is 12.9. The van der Waals surface area contributed by atoms with Gasteiger partial charge in [0.05, 0.1) is 29.0 Å². The van der Waals surface area contributed by atoms with Crippen molar-refractivity contribution >= 4 is 46.4 Å². The van der Waals surface area contributed by atoms with Gasteiger partial charge in [0.25, 0.3) is 5.91 Å². The molecule has 0 saturated carbocycles. The number of piperazine rings is 1. The van der Waals surface area contributed by atoms with Crippen molar-refractivity contribution in [3.8, 4) is 11.3 Å². The molecule has 200 valence electrons. The van der Waals surface area contributed by atoms with Crippen LogP contribution in [0.15, 0.2) is 67.0 Å². The molecule has 2 N–H and O–H groups in total. The Hall–Kier alpha value is -3.56. The standard InChI is InChI=1S/C29H29Cl2N7O/c1-19-27(36-29-32-8-7-26(35-29)22-13-23(30)15-24(31)14-22)16-25(17-33-19)34-28(39)21-5-3-20(4-6-21)18-38-11-9-37(2)10-12-38/h3-8,13-17H,9-12,18H2,1-2H3,(H,34,39)(H,32,35,36). The predicted octanol–water partition coefficient (Wildman–Crippen LogP) is 5.90. The van der Waals surface area contributed by atoms with Gasteiger partial charge in [0.1, 0.15) is 0 Å². The van der Waals surface area contributed by atoms with E-state index in [1.54, 1.807) is 36.7 Å². The summed E-state index contributed by atoms with van der Waals surface area (Å²) in [7, 11) is 2.15. The Labute approximate surface area is 238 Å². The molecule has 0 bridgehead atoms. The van der Waals surface area contributed by atoms with Crippen molar-refractivity contribution in [2.45, 2.75) is 13.5 Å². The Morgan fingerprint density at radius 2 is 1.67 bits per heavy atom. The van der Waals surface area contributed by atoms with Gasteiger partial charge in [-0.05, 0) is 62.0 Å². The van der Waals surface area contributed by atoms with Gasteiger partial charge in [-0.25, -0.2) is 9.97 Å². The van der Waals surface area contributed by atoms with Gasteiger partial charge in [-0.3, -0.25) is 14.7 Å². The van der Waals surface area contributed by atoms with Gasteiger partial charge in [-0.1, -0.05) is 35.3 Å². The molecule has 1 fully saturated rings. The number of aryl methyl sites for hydroxylation is 1. The molecule has 4 aromatic rings. The molecule has 10 heteroatoms. The highest BCUT2D eigenvalue weighted by molar-refractivity contribution is 6.35. The Kier molecular flexibility index (Phi) is 8.38. The van der Waals surface area contributed by atoms with E-state index in [9.17, 15) is 4.79 Å². The molecule has 2 aromatic carbocycles. The average Bonchev–Trinajstić information content (AvgIpc) is 2.92. The second-order valence-corrected chi connectivity index (χ2v) is 10.5. The predicted molar refractivity (Wildman–Crippen MR) is 157 cm³/mol. The molecule has 5 rings (SSSR count). The molecule has 0 atom stereocenters. The first kappa shape index (κ1) is 27.0. The van der Waals surface area contributed by atoms with Crippen LogP contribution in [0.3, 0.4) is 0 Å². The van der Waals surface area contributed by atoms with Crippen molar-refractivity contribution in [3.05, 3.63) is 93.9 Å². The van der Waals surface area contributed by atoms with Crippen molar-refractivity contribution in [1.29, 1.82) is 0 Å². The van der Waals surface area contributed by atoms with Gasteiger partial charge < -0.3 is 15.5 Å². The fourth-order valence-corrected chi connectivity index (χ4v) is 4.88. The van der Waals surface area contributed by atoms with E-state index >= 15 is 0 Å². The number of hydrogen-bond acceptors (Lipinski definition) is 7. The Morgan fingerprint density at radius 3 is 2.38 bits per heavy atom. The normalized spacial score (nSPS) is 14.3. The van der Waals surface area contributed by atoms with Gasteiger partial charge in [0, 0.05) is 60.1 Å². The third kappa shape index (κ3) is 7.10. The van der Waals surface area contributed by atoms with Crippen LogP contribution in [-0.4, -0.2) is 63.9 Å². The molecule has 3 heterocycles. The van der Waals surface area contributed by atoms with Gasteiger partial charge in [-0.2, -0.15) is 0 Å². The number of hydrogen-bond donors (Lipinski definition) is 2. The molecule has 1 aliphatic heterocycles. The van der Waals surface area contributed by atoms with E-state index in [4.69, 9.17) is 23.2 Å². The van der Waals surface area contributed by atoms with E-state index in [1.165, 1.54) is 5.56 Å². The Balaban J connectivity index is 1.25. The van der Waals surface area contributed by atoms with Gasteiger partial charge in [0.2, 0.25) is 5.95 Å². The molecule has 2 aromatic heterocycles. The molecular formula is C29H29Cl2N7O. The zero-order chi connectivity index (χ0) is 27.4. The summed E-state index contributed by atoms with van der Waals surface area (Å²) in [5.74, 6) is 0.182. The summed E-state index contributed by atoms with van der Waals surface area (Å²) in [6.45, 7) is 7.03. The van der Waals surface area contributed by atoms with Crippen LogP contribution in [0.1, 0.15) is 21.6 Å². The zero-order valence-electron chi connectivity index (χ0n) is 21.8. The van der Waals surface area contributed by atoms with E-state index < -0.39 is 0 Å². The number of nitrogens with one attached hydrogen (secondary N) is 2. The maximum atomic E-state index is 12.9. The molecule has 1 amide bonds. The van der Waals surface area contributed by atoms with Crippen molar-refractivity contribution in [2.75, 3.05) is 43.9 Å². The summed E-state index contributed by atoms with van der Waals surface area (Å²) in [6.07, 6.45) is 3.28. The van der Waals surface area contributed by atoms with Crippen molar-refractivity contribution < 1.29 is 4.79 Å². The first-order valence-corrected chi connectivity index (χ1v) is 13.4. The highest BCUT2D eigenvalue weighted by Gasteiger charge is 2.15. The Bertz CT molecular complexity index is 1450. The van der Waals surface area contributed by atoms with Crippen LogP contribution >= 0.6 is 23.2 Å². The molecular weight excluding hydrogens is 533 g/mol. The van der Waals surface area contributed by atoms with Gasteiger partial charge in [-0.15, -0.1) is 0 Å². The molecule has 0 unspecified atom stereocenters. The summed E-state index contributed by atoms with van der Waals surface area (Å²) < 4.78 is 0. The quantitative estimate of drug-likeness (QED) is 0.290. The lowest BCUT2D eigenvalue weighted by Gasteiger charge is -2.32. The van der Waals surface area contributed by atoms with Crippen molar-refractivity contribution in [3.63, 3.8) is 0 Å². The largest absolute Gasteiger partial charge is 0.322 e. The number of benzene rings is 2. The number of carbonyl (C=O) groups is 1. The van der Waals surface area contributed by atoms with E-state index in [2.05, 4.69) is 42.4 Å². The van der Waals surface area contributed by atoms with Crippen LogP contribution in [0, 0.1) is 6.92 Å². The third-order valence-corrected chi connectivity index (χ3v) is 7.06. The number of likely N-dealkylation sites (N-methyl/N-ethyl adjacent to an activating group) is 1. The second-order valence-electron chi connectivity index (χ2n) is 9.64. The van der Waals surface area contributed by atoms with Gasteiger partial charge >= 0.3 is 0 Å². The molecule has 0 aliphatic carbocycles. The minimum absolute atomic E-state index is 0.200. The number of aromatic nitrogens is 3. The van der Waals surface area contributed by atoms with Crippen LogP contribution in [-0.2, 0) is 6.54 Å². The topological polar surface area (TPSA) is 86.3 Å². The lowest BCUT2D eigenvalue weighted by atomic mass is 10.1. The number of amides is 1. The lowest BCUT2D eigenvalue weighted by molar-refractivity contribution is 0.102. The lowest BCUT2D eigenvalue weighted by Crippen LogP contribution is -2.43. The number of pyridine rings is 1. The first-order valence-electron chi connectivity index (χ1n) is 12.7. The summed E-state index contributed by atoms with van der Waals surface area (Å²) >= 11 is 12.3. The average molecular weight is 563 g/mol. The van der Waals surface area contributed by atoms with E-state index in [1.807, 2.05) is 37.3 Å². The van der Waals surface area contributed by atoms with Crippen molar-refractivity contribution in [1.82, 2.24) is 24.8 Å². The number of rotatable bonds is 7. The molecule has 1 saturated heterocycles. The fourth-order valence-electron chi connectivity index (χ4n) is 4.36. The number of halogens is 2. The molecule has 0 radical (unpaired) electrons. The van der Waals surface area contributed by atoms with Crippen molar-refractivity contribution in [2.24, 2.45) is 0 Å². The minimum Gasteiger partial charge on any atom is -0.322 e. The maximum Gasteiger partial charge on any atom is 0.255 e. The van der Waals surface area contributed by atoms with E-state index in [-0.39, 0.29) is 5.91 Å². The van der Waals surface area contributed by atoms with E-state index in [0.717, 1.165) is 44.0 Å². The van der Waals surface area contributed by atoms with Crippen LogP contribution in [0.25, 0.3) is 11.3 Å². The molecule has 0 spiro atoms. The van der Waals surface area contributed by atoms with Crippen LogP contribution < -0.4 is 10.6 Å². The SMILES string of the molecule is Cc1ncc(NC(=O)c2ccc(CN3CCN(C)CC3)cc2)cc1Nc1nccc(-c2cc(Cl)cc(Cl)c2)n1. The summed E-state index contributed by atoms with van der Waals surface area (Å²) in [4.78, 5) is 31.1. The summed E-state index contributed by atoms with van der Waals surface area (Å²) in [6, 6.07) is 16.6. The van der Waals surface area contributed by atoms with Gasteiger partial charge in [0.15, 0.2) is 0 Å². The Morgan fingerprint density at radius 1 is 0.949 bits per heavy atom. The minimum atomic E-state index is -0.200. The summed E-state index contributed by atoms with van der Waals surface area (Å²) in [5.41, 5.74) is 5.21. The third-order valence-electron chi connectivity index (χ3n) is 6.62. The first-order chi connectivity index (χ1) is 18.8. The van der Waals surface area contributed by atoms with Crippen LogP contribution in [0.5, 0.6) is 0 Å². The highest BCUT2D eigenvalue weighted by Crippen LogP contribution is 2.27. The number of carbonyl (C=O) groups excluding carboxylic acids is 1. The number of anilines is 3. The molecule has 8 nitrogen and oxygen atoms in total. The molecule has 1 aliphatic rings. The monoisotopic (exact) mass is 561 g/mol. The van der Waals surface area contributed by atoms with Crippen LogP contribution in [0.4, 0.5) is 17.3 Å². The number of nitrogens with zero attached hydrogens (tertiary/aromatic N) is 5. The van der Waals surface area contributed by atoms with E-state index in [0.29, 0.717) is 38.6 Å². The van der Waals surface area contributed by atoms with Crippen LogP contribution in [0.2, 0.25) is 10.0 Å². The summed E-state index contributed by atoms with van der Waals surface area (Å²) in [5, 5.41) is 7.20. The zero-order valence-corrected chi connectivity index (χ0v) is 23.3. The fraction of sp³-hybridized carbons (Fsp3) is 0.241. The highest BCUT2D eigenvalue weighted by atomic mass is 35.5. The smallest absolute Gasteiger partial charge is 0.255 e. The molecule has 39 heavy (non-hydrogen) atoms.